The van der Waals surface area contributed by atoms with Gasteiger partial charge in [-0.1, -0.05) is 12.2 Å². The summed E-state index contributed by atoms with van der Waals surface area (Å²) < 4.78 is 4.93. The molecule has 7 nitrogen and oxygen atoms in total. The highest BCUT2D eigenvalue weighted by molar-refractivity contribution is 5.94. The van der Waals surface area contributed by atoms with Crippen LogP contribution in [0, 0.1) is 0 Å². The molecule has 1 aliphatic heterocycles. The minimum atomic E-state index is -0.540. The van der Waals surface area contributed by atoms with Gasteiger partial charge in [-0.2, -0.15) is 0 Å². The van der Waals surface area contributed by atoms with Crippen molar-refractivity contribution in [3.05, 3.63) is 36.3 Å². The van der Waals surface area contributed by atoms with Crippen LogP contribution in [0.2, 0.25) is 0 Å². The molecule has 0 aromatic carbocycles. The first-order valence-corrected chi connectivity index (χ1v) is 9.04. The molecule has 1 fully saturated rings. The quantitative estimate of drug-likeness (QED) is 0.751. The molecule has 26 heavy (non-hydrogen) atoms. The molecule has 1 saturated heterocycles. The SMILES string of the molecule is CC=CCC(=O)N1C[C@H](NC(=O)c2ccoc2)C[C@H]1C(=O)N(CC)CC. The van der Waals surface area contributed by atoms with E-state index in [-0.39, 0.29) is 30.2 Å². The zero-order valence-corrected chi connectivity index (χ0v) is 15.6. The maximum Gasteiger partial charge on any atom is 0.254 e. The van der Waals surface area contributed by atoms with Gasteiger partial charge in [0.25, 0.3) is 5.91 Å². The van der Waals surface area contributed by atoms with Gasteiger partial charge < -0.3 is 19.5 Å². The smallest absolute Gasteiger partial charge is 0.254 e. The maximum absolute atomic E-state index is 12.8. The van der Waals surface area contributed by atoms with Crippen LogP contribution in [-0.2, 0) is 9.59 Å². The van der Waals surface area contributed by atoms with Crippen molar-refractivity contribution in [2.24, 2.45) is 0 Å². The number of amides is 3. The van der Waals surface area contributed by atoms with E-state index in [9.17, 15) is 14.4 Å². The predicted octanol–water partition coefficient (Wildman–Crippen LogP) is 1.81. The van der Waals surface area contributed by atoms with Crippen LogP contribution in [0.25, 0.3) is 0 Å². The Labute approximate surface area is 154 Å². The number of carbonyl (C=O) groups is 3. The van der Waals surface area contributed by atoms with Crippen molar-refractivity contribution in [1.29, 1.82) is 0 Å². The highest BCUT2D eigenvalue weighted by Crippen LogP contribution is 2.22. The third-order valence-electron chi connectivity index (χ3n) is 4.63. The molecule has 1 aromatic rings. The number of nitrogens with one attached hydrogen (secondary N) is 1. The van der Waals surface area contributed by atoms with Crippen molar-refractivity contribution in [1.82, 2.24) is 15.1 Å². The summed E-state index contributed by atoms with van der Waals surface area (Å²) in [5, 5.41) is 2.90. The lowest BCUT2D eigenvalue weighted by Crippen LogP contribution is -2.47. The highest BCUT2D eigenvalue weighted by atomic mass is 16.3. The zero-order chi connectivity index (χ0) is 19.1. The number of hydrogen-bond donors (Lipinski definition) is 1. The van der Waals surface area contributed by atoms with Crippen LogP contribution in [0.1, 0.15) is 44.0 Å². The van der Waals surface area contributed by atoms with Crippen LogP contribution in [0.4, 0.5) is 0 Å². The third-order valence-corrected chi connectivity index (χ3v) is 4.63. The van der Waals surface area contributed by atoms with Gasteiger partial charge >= 0.3 is 0 Å². The second kappa shape index (κ2) is 9.22. The van der Waals surface area contributed by atoms with Crippen molar-refractivity contribution in [2.45, 2.75) is 45.7 Å². The minimum absolute atomic E-state index is 0.0658. The zero-order valence-electron chi connectivity index (χ0n) is 15.6. The molecular formula is C19H27N3O4. The van der Waals surface area contributed by atoms with Crippen molar-refractivity contribution in [3.8, 4) is 0 Å². The number of allylic oxidation sites excluding steroid dienone is 1. The normalized spacial score (nSPS) is 19.7. The molecule has 2 rings (SSSR count). The maximum atomic E-state index is 12.8. The van der Waals surface area contributed by atoms with E-state index >= 15 is 0 Å². The van der Waals surface area contributed by atoms with E-state index in [2.05, 4.69) is 5.32 Å². The molecule has 2 atom stereocenters. The van der Waals surface area contributed by atoms with Gasteiger partial charge in [-0.3, -0.25) is 14.4 Å². The number of nitrogens with zero attached hydrogens (tertiary/aromatic N) is 2. The van der Waals surface area contributed by atoms with Crippen LogP contribution < -0.4 is 5.32 Å². The van der Waals surface area contributed by atoms with E-state index in [1.165, 1.54) is 12.5 Å². The summed E-state index contributed by atoms with van der Waals surface area (Å²) in [5.74, 6) is -0.432. The number of likely N-dealkylation sites (tertiary alicyclic amines) is 1. The molecule has 0 bridgehead atoms. The van der Waals surface area contributed by atoms with Crippen molar-refractivity contribution >= 4 is 17.7 Å². The van der Waals surface area contributed by atoms with Crippen molar-refractivity contribution in [2.75, 3.05) is 19.6 Å². The van der Waals surface area contributed by atoms with Crippen molar-refractivity contribution < 1.29 is 18.8 Å². The van der Waals surface area contributed by atoms with E-state index < -0.39 is 6.04 Å². The average Bonchev–Trinajstić information content (AvgIpc) is 3.30. The Morgan fingerprint density at radius 3 is 2.65 bits per heavy atom. The van der Waals surface area contributed by atoms with E-state index in [1.54, 1.807) is 21.9 Å². The standard InChI is InChI=1S/C19H27N3O4/c1-4-7-8-17(23)22-12-15(20-18(24)14-9-10-26-13-14)11-16(22)19(25)21(5-2)6-3/h4,7,9-10,13,15-16H,5-6,8,11-12H2,1-3H3,(H,20,24)/t15-,16+/m1/s1. The van der Waals surface area contributed by atoms with Crippen LogP contribution in [0.15, 0.2) is 35.2 Å². The molecule has 3 amide bonds. The lowest BCUT2D eigenvalue weighted by molar-refractivity contribution is -0.143. The van der Waals surface area contributed by atoms with E-state index in [0.29, 0.717) is 31.6 Å². The van der Waals surface area contributed by atoms with E-state index in [4.69, 9.17) is 4.42 Å². The van der Waals surface area contributed by atoms with E-state index in [1.807, 2.05) is 26.8 Å². The molecule has 1 N–H and O–H groups in total. The van der Waals surface area contributed by atoms with Gasteiger partial charge in [0.15, 0.2) is 0 Å². The highest BCUT2D eigenvalue weighted by Gasteiger charge is 2.41. The summed E-state index contributed by atoms with van der Waals surface area (Å²) in [5.41, 5.74) is 0.426. The second-order valence-corrected chi connectivity index (χ2v) is 6.26. The summed E-state index contributed by atoms with van der Waals surface area (Å²) in [7, 11) is 0. The number of likely N-dealkylation sites (N-methyl/N-ethyl adjacent to an activating group) is 1. The van der Waals surface area contributed by atoms with Gasteiger partial charge in [0.2, 0.25) is 11.8 Å². The van der Waals surface area contributed by atoms with Gasteiger partial charge in [0, 0.05) is 32.1 Å². The third kappa shape index (κ3) is 4.53. The monoisotopic (exact) mass is 361 g/mol. The largest absolute Gasteiger partial charge is 0.472 e. The van der Waals surface area contributed by atoms with Crippen LogP contribution in [0.5, 0.6) is 0 Å². The summed E-state index contributed by atoms with van der Waals surface area (Å²) in [4.78, 5) is 41.0. The summed E-state index contributed by atoms with van der Waals surface area (Å²) in [6.07, 6.45) is 7.06. The molecule has 142 valence electrons. The molecule has 7 heteroatoms. The minimum Gasteiger partial charge on any atom is -0.472 e. The second-order valence-electron chi connectivity index (χ2n) is 6.26. The Morgan fingerprint density at radius 1 is 1.35 bits per heavy atom. The average molecular weight is 361 g/mol. The molecule has 1 aliphatic rings. The number of hydrogen-bond acceptors (Lipinski definition) is 4. The first-order chi connectivity index (χ1) is 12.5. The van der Waals surface area contributed by atoms with Crippen LogP contribution in [0.3, 0.4) is 0 Å². The Bertz CT molecular complexity index is 650. The first kappa shape index (κ1) is 19.8. The van der Waals surface area contributed by atoms with Crippen molar-refractivity contribution in [3.63, 3.8) is 0 Å². The lowest BCUT2D eigenvalue weighted by Gasteiger charge is -2.28. The molecule has 0 unspecified atom stereocenters. The van der Waals surface area contributed by atoms with Gasteiger partial charge in [0.05, 0.1) is 11.8 Å². The molecular weight excluding hydrogens is 334 g/mol. The lowest BCUT2D eigenvalue weighted by atomic mass is 10.1. The molecule has 0 radical (unpaired) electrons. The topological polar surface area (TPSA) is 82.9 Å². The molecule has 0 aliphatic carbocycles. The number of rotatable bonds is 7. The Hall–Kier alpha value is -2.57. The molecule has 2 heterocycles. The Kier molecular flexibility index (Phi) is 7.00. The van der Waals surface area contributed by atoms with Gasteiger partial charge in [-0.05, 0) is 33.3 Å². The van der Waals surface area contributed by atoms with Crippen LogP contribution >= 0.6 is 0 Å². The summed E-state index contributed by atoms with van der Waals surface area (Å²) in [6.45, 7) is 7.20. The molecule has 0 saturated carbocycles. The van der Waals surface area contributed by atoms with Gasteiger partial charge in [-0.15, -0.1) is 0 Å². The summed E-state index contributed by atoms with van der Waals surface area (Å²) in [6, 6.07) is 0.774. The molecule has 1 aromatic heterocycles. The van der Waals surface area contributed by atoms with E-state index in [0.717, 1.165) is 0 Å². The van der Waals surface area contributed by atoms with Gasteiger partial charge in [0.1, 0.15) is 12.3 Å². The number of carbonyl (C=O) groups excluding carboxylic acids is 3. The fourth-order valence-electron chi connectivity index (χ4n) is 3.19. The Balaban J connectivity index is 2.13. The van der Waals surface area contributed by atoms with Crippen LogP contribution in [-0.4, -0.2) is 59.2 Å². The fourth-order valence-corrected chi connectivity index (χ4v) is 3.19. The Morgan fingerprint density at radius 2 is 2.08 bits per heavy atom. The fraction of sp³-hybridized carbons (Fsp3) is 0.526. The number of furan rings is 1. The summed E-state index contributed by atoms with van der Waals surface area (Å²) >= 11 is 0. The first-order valence-electron chi connectivity index (χ1n) is 9.04. The van der Waals surface area contributed by atoms with Gasteiger partial charge in [-0.25, -0.2) is 0 Å². The predicted molar refractivity (Wildman–Crippen MR) is 97.4 cm³/mol. The molecule has 0 spiro atoms.